The van der Waals surface area contributed by atoms with Crippen molar-refractivity contribution in [1.29, 1.82) is 0 Å². The zero-order chi connectivity index (χ0) is 21.1. The molecule has 0 fully saturated rings. The smallest absolute Gasteiger partial charge is 0.320 e. The van der Waals surface area contributed by atoms with Crippen LogP contribution in [-0.4, -0.2) is 35.2 Å². The number of rotatable bonds is 7. The molecule has 0 saturated heterocycles. The molecule has 3 N–H and O–H groups in total. The van der Waals surface area contributed by atoms with E-state index in [1.165, 1.54) is 15.8 Å². The number of carbonyl (C=O) groups is 1. The van der Waals surface area contributed by atoms with Gasteiger partial charge in [-0.3, -0.25) is 10.1 Å². The number of hydrogen-bond donors (Lipinski definition) is 3. The Kier molecular flexibility index (Phi) is 5.92. The number of aromatic nitrogens is 2. The highest BCUT2D eigenvalue weighted by Crippen LogP contribution is 2.34. The lowest BCUT2D eigenvalue weighted by Gasteiger charge is -2.14. The normalized spacial score (nSPS) is 11.9. The van der Waals surface area contributed by atoms with E-state index in [0.29, 0.717) is 0 Å². The summed E-state index contributed by atoms with van der Waals surface area (Å²) in [6, 6.07) is 8.65. The Morgan fingerprint density at radius 1 is 1.38 bits per heavy atom. The number of nitrogens with one attached hydrogen (secondary N) is 2. The molecule has 3 aromatic rings. The Hall–Kier alpha value is -3.27. The van der Waals surface area contributed by atoms with Gasteiger partial charge in [-0.25, -0.2) is 0 Å². The second-order valence-electron chi connectivity index (χ2n) is 6.71. The number of nitrogens with zero attached hydrogens (tertiary/aromatic N) is 3. The average Bonchev–Trinajstić information content (AvgIpc) is 3.27. The van der Waals surface area contributed by atoms with Crippen molar-refractivity contribution in [2.75, 3.05) is 24.7 Å². The minimum atomic E-state index is -0.345. The third-order valence-corrected chi connectivity index (χ3v) is 5.48. The third kappa shape index (κ3) is 4.27. The molecule has 29 heavy (non-hydrogen) atoms. The first-order valence-corrected chi connectivity index (χ1v) is 9.86. The Morgan fingerprint density at radius 2 is 2.14 bits per heavy atom. The number of thiophene rings is 1. The summed E-state index contributed by atoms with van der Waals surface area (Å²) < 4.78 is 4.74. The van der Waals surface area contributed by atoms with Gasteiger partial charge in [-0.2, -0.15) is 0 Å². The molecule has 1 atom stereocenters. The van der Waals surface area contributed by atoms with Crippen LogP contribution in [0.4, 0.5) is 17.3 Å². The second kappa shape index (κ2) is 8.39. The lowest BCUT2D eigenvalue weighted by molar-refractivity contribution is -0.791. The lowest BCUT2D eigenvalue weighted by Crippen LogP contribution is -2.29. The van der Waals surface area contributed by atoms with Crippen molar-refractivity contribution in [3.8, 4) is 5.75 Å². The van der Waals surface area contributed by atoms with E-state index >= 15 is 0 Å². The molecule has 0 aliphatic heterocycles. The summed E-state index contributed by atoms with van der Waals surface area (Å²) in [6.45, 7) is 4.02. The summed E-state index contributed by atoms with van der Waals surface area (Å²) in [4.78, 5) is 16.1. The molecular weight excluding hydrogens is 394 g/mol. The van der Waals surface area contributed by atoms with Crippen LogP contribution in [0.1, 0.15) is 39.5 Å². The zero-order valence-electron chi connectivity index (χ0n) is 16.6. The van der Waals surface area contributed by atoms with Gasteiger partial charge in [0.15, 0.2) is 5.75 Å². The molecule has 154 valence electrons. The summed E-state index contributed by atoms with van der Waals surface area (Å²) in [5.41, 5.74) is 0.364. The number of benzene rings is 1. The highest BCUT2D eigenvalue weighted by atomic mass is 32.1. The number of phenols is 1. The number of hydrogen-bond acceptors (Lipinski definition) is 8. The van der Waals surface area contributed by atoms with Gasteiger partial charge < -0.3 is 25.2 Å². The van der Waals surface area contributed by atoms with Crippen LogP contribution in [0.2, 0.25) is 0 Å². The van der Waals surface area contributed by atoms with Gasteiger partial charge >= 0.3 is 11.6 Å². The molecule has 0 aliphatic carbocycles. The fourth-order valence-electron chi connectivity index (χ4n) is 2.82. The van der Waals surface area contributed by atoms with Crippen LogP contribution >= 0.6 is 11.3 Å². The van der Waals surface area contributed by atoms with E-state index in [2.05, 4.69) is 15.8 Å². The maximum atomic E-state index is 12.2. The minimum absolute atomic E-state index is 0.0895. The van der Waals surface area contributed by atoms with Crippen molar-refractivity contribution < 1.29 is 19.4 Å². The summed E-state index contributed by atoms with van der Waals surface area (Å²) in [6.07, 6.45) is 0.739. The van der Waals surface area contributed by atoms with Crippen LogP contribution in [0.5, 0.6) is 5.75 Å². The highest BCUT2D eigenvalue weighted by molar-refractivity contribution is 7.12. The van der Waals surface area contributed by atoms with E-state index in [1.54, 1.807) is 37.6 Å². The number of aryl methyl sites for hydroxylation is 1. The van der Waals surface area contributed by atoms with E-state index in [0.717, 1.165) is 11.3 Å². The maximum Gasteiger partial charge on any atom is 0.320 e. The predicted octanol–water partition coefficient (Wildman–Crippen LogP) is 3.39. The number of amides is 1. The number of carbonyl (C=O) groups excluding carboxylic acids is 1. The van der Waals surface area contributed by atoms with Crippen molar-refractivity contribution >= 4 is 34.6 Å². The van der Waals surface area contributed by atoms with Gasteiger partial charge in [0.1, 0.15) is 6.04 Å². The van der Waals surface area contributed by atoms with Gasteiger partial charge in [0, 0.05) is 23.8 Å². The lowest BCUT2D eigenvalue weighted by atomic mass is 10.1. The van der Waals surface area contributed by atoms with Gasteiger partial charge in [0.25, 0.3) is 5.91 Å². The molecule has 0 saturated carbocycles. The van der Waals surface area contributed by atoms with Crippen LogP contribution in [0.3, 0.4) is 0 Å². The predicted molar refractivity (Wildman–Crippen MR) is 111 cm³/mol. The van der Waals surface area contributed by atoms with Crippen molar-refractivity contribution in [3.05, 3.63) is 50.9 Å². The molecule has 1 aromatic carbocycles. The molecule has 1 amide bonds. The molecule has 3 rings (SSSR count). The Bertz CT molecular complexity index is 1010. The summed E-state index contributed by atoms with van der Waals surface area (Å²) in [5, 5.41) is 32.4. The van der Waals surface area contributed by atoms with E-state index in [-0.39, 0.29) is 45.5 Å². The molecule has 0 bridgehead atoms. The molecule has 0 radical (unpaired) electrons. The standard InChI is InChI=1S/C19H23N5O4S/c1-5-13(15-10-9-11(2)29-15)21-18-17(22-28-24(18)27)20-14-8-6-7-12(16(14)25)19(26)23(3)4/h6-10,13,21,25H,5H2,1-4H3,(H,20,22)/t13-/m1/s1. The molecule has 2 heterocycles. The van der Waals surface area contributed by atoms with Crippen molar-refractivity contribution in [3.63, 3.8) is 0 Å². The number of phenolic OH excluding ortho intramolecular Hbond substituents is 1. The van der Waals surface area contributed by atoms with Crippen molar-refractivity contribution in [2.45, 2.75) is 26.3 Å². The van der Waals surface area contributed by atoms with Gasteiger partial charge in [-0.05, 0) is 42.8 Å². The number of aromatic hydroxyl groups is 1. The van der Waals surface area contributed by atoms with E-state index in [4.69, 9.17) is 4.63 Å². The fraction of sp³-hybridized carbons (Fsp3) is 0.316. The molecular formula is C19H23N5O4S. The van der Waals surface area contributed by atoms with Crippen molar-refractivity contribution in [1.82, 2.24) is 10.1 Å². The van der Waals surface area contributed by atoms with E-state index in [9.17, 15) is 15.1 Å². The molecule has 0 unspecified atom stereocenters. The van der Waals surface area contributed by atoms with Crippen LogP contribution in [0, 0.1) is 12.1 Å². The van der Waals surface area contributed by atoms with E-state index in [1.807, 2.05) is 26.0 Å². The quantitative estimate of drug-likeness (QED) is 0.398. The Morgan fingerprint density at radius 3 is 2.76 bits per heavy atom. The zero-order valence-corrected chi connectivity index (χ0v) is 17.4. The Labute approximate surface area is 172 Å². The van der Waals surface area contributed by atoms with Gasteiger partial charge in [0.2, 0.25) is 0 Å². The Balaban J connectivity index is 1.89. The first-order valence-electron chi connectivity index (χ1n) is 9.05. The molecule has 0 aliphatic rings. The van der Waals surface area contributed by atoms with Crippen LogP contribution in [0.15, 0.2) is 35.0 Å². The summed E-state index contributed by atoms with van der Waals surface area (Å²) in [5.74, 6) is -0.385. The summed E-state index contributed by atoms with van der Waals surface area (Å²) >= 11 is 1.64. The first-order chi connectivity index (χ1) is 13.8. The molecule has 0 spiro atoms. The summed E-state index contributed by atoms with van der Waals surface area (Å²) in [7, 11) is 3.19. The van der Waals surface area contributed by atoms with Crippen LogP contribution < -0.4 is 15.5 Å². The average molecular weight is 417 g/mol. The fourth-order valence-corrected chi connectivity index (χ4v) is 3.83. The molecule has 9 nitrogen and oxygen atoms in total. The van der Waals surface area contributed by atoms with Gasteiger partial charge in [-0.15, -0.1) is 11.3 Å². The third-order valence-electron chi connectivity index (χ3n) is 4.36. The second-order valence-corrected chi connectivity index (χ2v) is 8.03. The molecule has 2 aromatic heterocycles. The molecule has 10 heteroatoms. The van der Waals surface area contributed by atoms with Gasteiger partial charge in [-0.1, -0.05) is 17.9 Å². The highest BCUT2D eigenvalue weighted by Gasteiger charge is 2.25. The van der Waals surface area contributed by atoms with Crippen molar-refractivity contribution in [2.24, 2.45) is 0 Å². The van der Waals surface area contributed by atoms with Crippen LogP contribution in [-0.2, 0) is 0 Å². The topological polar surface area (TPSA) is 118 Å². The largest absolute Gasteiger partial charge is 0.505 e. The van der Waals surface area contributed by atoms with Crippen LogP contribution in [0.25, 0.3) is 0 Å². The maximum absolute atomic E-state index is 12.2. The first kappa shape index (κ1) is 20.5. The number of anilines is 3. The number of para-hydroxylation sites is 1. The van der Waals surface area contributed by atoms with Gasteiger partial charge in [0.05, 0.1) is 11.3 Å². The minimum Gasteiger partial charge on any atom is -0.505 e. The SMILES string of the molecule is CC[C@@H](Nc1c(Nc2cccc(C(=O)N(C)C)c2O)no[n+]1[O-])c1ccc(C)s1. The monoisotopic (exact) mass is 417 g/mol. The van der Waals surface area contributed by atoms with E-state index < -0.39 is 0 Å².